The molecule has 3 rings (SSSR count). The van der Waals surface area contributed by atoms with Crippen LogP contribution in [-0.4, -0.2) is 57.6 Å². The molecule has 2 aliphatic rings. The van der Waals surface area contributed by atoms with Crippen molar-refractivity contribution in [2.45, 2.75) is 50.4 Å². The number of carbonyl (C=O) groups excluding carboxylic acids is 1. The van der Waals surface area contributed by atoms with Crippen LogP contribution in [0.4, 0.5) is 0 Å². The molecule has 6 nitrogen and oxygen atoms in total. The summed E-state index contributed by atoms with van der Waals surface area (Å²) in [5.41, 5.74) is 1.41. The maximum absolute atomic E-state index is 11.7. The maximum Gasteiger partial charge on any atom is 0.220 e. The van der Waals surface area contributed by atoms with E-state index in [2.05, 4.69) is 38.7 Å². The fourth-order valence-electron chi connectivity index (χ4n) is 4.97. The quantitative estimate of drug-likeness (QED) is 0.569. The fourth-order valence-corrected chi connectivity index (χ4v) is 4.97. The lowest BCUT2D eigenvalue weighted by atomic mass is 9.78. The number of hydrogen-bond donors (Lipinski definition) is 2. The van der Waals surface area contributed by atoms with Gasteiger partial charge < -0.3 is 20.3 Å². The molecule has 1 saturated heterocycles. The highest BCUT2D eigenvalue weighted by Crippen LogP contribution is 2.44. The van der Waals surface area contributed by atoms with Gasteiger partial charge in [0.2, 0.25) is 5.91 Å². The summed E-state index contributed by atoms with van der Waals surface area (Å²) in [4.78, 5) is 18.6. The number of likely N-dealkylation sites (tertiary alicyclic amines) is 1. The molecule has 0 bridgehead atoms. The van der Waals surface area contributed by atoms with Gasteiger partial charge >= 0.3 is 0 Å². The van der Waals surface area contributed by atoms with Crippen LogP contribution in [0.25, 0.3) is 0 Å². The van der Waals surface area contributed by atoms with Crippen molar-refractivity contribution in [2.24, 2.45) is 10.9 Å². The SMILES string of the molecule is CN=C(NCC1(c2ccccc2OC)CCCC1)N1CCC(CC(=O)NC)CC1. The van der Waals surface area contributed by atoms with Gasteiger partial charge in [-0.05, 0) is 37.7 Å². The topological polar surface area (TPSA) is 66.0 Å². The van der Waals surface area contributed by atoms with E-state index < -0.39 is 0 Å². The Hall–Kier alpha value is -2.24. The Kier molecular flexibility index (Phi) is 7.40. The highest BCUT2D eigenvalue weighted by Gasteiger charge is 2.38. The number of nitrogens with zero attached hydrogens (tertiary/aromatic N) is 2. The van der Waals surface area contributed by atoms with Crippen LogP contribution >= 0.6 is 0 Å². The second-order valence-corrected chi connectivity index (χ2v) is 8.40. The van der Waals surface area contributed by atoms with Gasteiger partial charge in [0.25, 0.3) is 0 Å². The van der Waals surface area contributed by atoms with Crippen LogP contribution < -0.4 is 15.4 Å². The lowest BCUT2D eigenvalue weighted by Crippen LogP contribution is -2.49. The zero-order valence-electron chi connectivity index (χ0n) is 18.2. The van der Waals surface area contributed by atoms with E-state index in [9.17, 15) is 4.79 Å². The second kappa shape index (κ2) is 9.99. The third-order valence-corrected chi connectivity index (χ3v) is 6.70. The van der Waals surface area contributed by atoms with Gasteiger partial charge in [-0.25, -0.2) is 0 Å². The minimum atomic E-state index is 0.0973. The van der Waals surface area contributed by atoms with Gasteiger partial charge in [0.15, 0.2) is 5.96 Å². The summed E-state index contributed by atoms with van der Waals surface area (Å²) < 4.78 is 5.68. The number of benzene rings is 1. The number of ether oxygens (including phenoxy) is 1. The Morgan fingerprint density at radius 2 is 1.93 bits per heavy atom. The number of hydrogen-bond acceptors (Lipinski definition) is 3. The van der Waals surface area contributed by atoms with Crippen molar-refractivity contribution in [1.82, 2.24) is 15.5 Å². The molecule has 0 aromatic heterocycles. The number of aliphatic imine (C=N–C) groups is 1. The van der Waals surface area contributed by atoms with Gasteiger partial charge in [-0.3, -0.25) is 9.79 Å². The van der Waals surface area contributed by atoms with E-state index in [1.165, 1.54) is 31.2 Å². The molecule has 0 atom stereocenters. The van der Waals surface area contributed by atoms with Crippen LogP contribution in [0.5, 0.6) is 5.75 Å². The largest absolute Gasteiger partial charge is 0.496 e. The molecule has 2 fully saturated rings. The first-order chi connectivity index (χ1) is 14.1. The number of amides is 1. The summed E-state index contributed by atoms with van der Waals surface area (Å²) in [6, 6.07) is 8.45. The molecule has 1 amide bonds. The molecular formula is C23H36N4O2. The number of piperidine rings is 1. The number of guanidine groups is 1. The van der Waals surface area contributed by atoms with E-state index in [1.807, 2.05) is 13.1 Å². The number of methoxy groups -OCH3 is 1. The molecule has 6 heteroatoms. The van der Waals surface area contributed by atoms with Gasteiger partial charge in [-0.1, -0.05) is 31.0 Å². The minimum Gasteiger partial charge on any atom is -0.496 e. The van der Waals surface area contributed by atoms with Crippen molar-refractivity contribution in [3.05, 3.63) is 29.8 Å². The molecule has 1 aromatic rings. The van der Waals surface area contributed by atoms with Crippen LogP contribution in [-0.2, 0) is 10.2 Å². The van der Waals surface area contributed by atoms with E-state index >= 15 is 0 Å². The van der Waals surface area contributed by atoms with Crippen molar-refractivity contribution in [3.8, 4) is 5.75 Å². The Bertz CT molecular complexity index is 705. The molecule has 1 aliphatic heterocycles. The molecule has 160 valence electrons. The first-order valence-corrected chi connectivity index (χ1v) is 10.9. The monoisotopic (exact) mass is 400 g/mol. The van der Waals surface area contributed by atoms with Crippen molar-refractivity contribution in [1.29, 1.82) is 0 Å². The Morgan fingerprint density at radius 1 is 1.24 bits per heavy atom. The zero-order chi connectivity index (χ0) is 20.7. The standard InChI is InChI=1S/C23H36N4O2/c1-24-21(28)16-18-10-14-27(15-11-18)22(25-2)26-17-23(12-6-7-13-23)19-8-4-5-9-20(19)29-3/h4-5,8-9,18H,6-7,10-17H2,1-3H3,(H,24,28)(H,25,26). The molecule has 2 N–H and O–H groups in total. The Balaban J connectivity index is 1.63. The Labute approximate surface area is 175 Å². The van der Waals surface area contributed by atoms with Gasteiger partial charge in [0.1, 0.15) is 5.75 Å². The molecule has 0 radical (unpaired) electrons. The predicted octanol–water partition coefficient (Wildman–Crippen LogP) is 2.93. The lowest BCUT2D eigenvalue weighted by Gasteiger charge is -2.37. The summed E-state index contributed by atoms with van der Waals surface area (Å²) in [6.07, 6.45) is 7.55. The summed E-state index contributed by atoms with van der Waals surface area (Å²) in [7, 11) is 5.34. The number of para-hydroxylation sites is 1. The second-order valence-electron chi connectivity index (χ2n) is 8.40. The van der Waals surface area contributed by atoms with Gasteiger partial charge in [-0.15, -0.1) is 0 Å². The first-order valence-electron chi connectivity index (χ1n) is 10.9. The highest BCUT2D eigenvalue weighted by atomic mass is 16.5. The van der Waals surface area contributed by atoms with E-state index in [-0.39, 0.29) is 11.3 Å². The average Bonchev–Trinajstić information content (AvgIpc) is 3.25. The molecule has 1 saturated carbocycles. The molecule has 29 heavy (non-hydrogen) atoms. The number of rotatable bonds is 6. The Morgan fingerprint density at radius 3 is 2.55 bits per heavy atom. The maximum atomic E-state index is 11.7. The molecule has 0 spiro atoms. The highest BCUT2D eigenvalue weighted by molar-refractivity contribution is 5.80. The van der Waals surface area contributed by atoms with Crippen LogP contribution in [0, 0.1) is 5.92 Å². The minimum absolute atomic E-state index is 0.0973. The number of nitrogens with one attached hydrogen (secondary N) is 2. The van der Waals surface area contributed by atoms with Gasteiger partial charge in [0.05, 0.1) is 7.11 Å². The summed E-state index contributed by atoms with van der Waals surface area (Å²) in [6.45, 7) is 2.77. The van der Waals surface area contributed by atoms with Crippen molar-refractivity contribution < 1.29 is 9.53 Å². The van der Waals surface area contributed by atoms with Gasteiger partial charge in [-0.2, -0.15) is 0 Å². The van der Waals surface area contributed by atoms with Crippen LogP contribution in [0.1, 0.15) is 50.5 Å². The van der Waals surface area contributed by atoms with Crippen molar-refractivity contribution >= 4 is 11.9 Å². The summed E-state index contributed by atoms with van der Waals surface area (Å²) in [5, 5.41) is 6.42. The normalized spacial score (nSPS) is 19.8. The van der Waals surface area contributed by atoms with Crippen molar-refractivity contribution in [2.75, 3.05) is 40.8 Å². The lowest BCUT2D eigenvalue weighted by molar-refractivity contribution is -0.121. The predicted molar refractivity (Wildman–Crippen MR) is 117 cm³/mol. The first kappa shape index (κ1) is 21.5. The molecule has 0 unspecified atom stereocenters. The van der Waals surface area contributed by atoms with Crippen LogP contribution in [0.3, 0.4) is 0 Å². The molecular weight excluding hydrogens is 364 g/mol. The van der Waals surface area contributed by atoms with E-state index in [0.717, 1.165) is 44.2 Å². The van der Waals surface area contributed by atoms with E-state index in [0.29, 0.717) is 12.3 Å². The summed E-state index contributed by atoms with van der Waals surface area (Å²) >= 11 is 0. The molecule has 1 heterocycles. The van der Waals surface area contributed by atoms with Gasteiger partial charge in [0, 0.05) is 51.1 Å². The average molecular weight is 401 g/mol. The summed E-state index contributed by atoms with van der Waals surface area (Å²) in [5.74, 6) is 2.58. The fraction of sp³-hybridized carbons (Fsp3) is 0.652. The molecule has 1 aromatic carbocycles. The smallest absolute Gasteiger partial charge is 0.220 e. The number of carbonyl (C=O) groups is 1. The van der Waals surface area contributed by atoms with Crippen LogP contribution in [0.2, 0.25) is 0 Å². The zero-order valence-corrected chi connectivity index (χ0v) is 18.2. The third kappa shape index (κ3) is 5.03. The third-order valence-electron chi connectivity index (χ3n) is 6.70. The molecule has 1 aliphatic carbocycles. The van der Waals surface area contributed by atoms with Crippen molar-refractivity contribution in [3.63, 3.8) is 0 Å². The van der Waals surface area contributed by atoms with Crippen LogP contribution in [0.15, 0.2) is 29.3 Å². The van der Waals surface area contributed by atoms with E-state index in [1.54, 1.807) is 14.2 Å². The van der Waals surface area contributed by atoms with E-state index in [4.69, 9.17) is 4.74 Å².